The summed E-state index contributed by atoms with van der Waals surface area (Å²) in [6, 6.07) is 9.18. The lowest BCUT2D eigenvalue weighted by Gasteiger charge is -2.11. The van der Waals surface area contributed by atoms with E-state index >= 15 is 0 Å². The van der Waals surface area contributed by atoms with Crippen molar-refractivity contribution >= 4 is 34.0 Å². The van der Waals surface area contributed by atoms with Crippen LogP contribution in [-0.4, -0.2) is 22.4 Å². The van der Waals surface area contributed by atoms with Crippen LogP contribution in [0.25, 0.3) is 10.9 Å². The van der Waals surface area contributed by atoms with Crippen LogP contribution in [0.1, 0.15) is 17.3 Å². The van der Waals surface area contributed by atoms with Crippen LogP contribution in [0.3, 0.4) is 0 Å². The van der Waals surface area contributed by atoms with Gasteiger partial charge >= 0.3 is 0 Å². The van der Waals surface area contributed by atoms with E-state index in [4.69, 9.17) is 18.0 Å². The zero-order chi connectivity index (χ0) is 13.8. The third-order valence-electron chi connectivity index (χ3n) is 2.94. The molecule has 1 unspecified atom stereocenters. The van der Waals surface area contributed by atoms with Gasteiger partial charge in [0, 0.05) is 29.6 Å². The molecule has 3 N–H and O–H groups in total. The van der Waals surface area contributed by atoms with E-state index in [1.165, 1.54) is 0 Å². The Kier molecular flexibility index (Phi) is 4.06. The summed E-state index contributed by atoms with van der Waals surface area (Å²) < 4.78 is 0. The number of amides is 1. The van der Waals surface area contributed by atoms with E-state index in [0.29, 0.717) is 17.1 Å². The number of nitrogens with one attached hydrogen (secondary N) is 1. The highest BCUT2D eigenvalue weighted by Gasteiger charge is 2.12. The summed E-state index contributed by atoms with van der Waals surface area (Å²) in [5.41, 5.74) is 6.94. The number of benzene rings is 1. The third-order valence-corrected chi connectivity index (χ3v) is 3.35. The normalized spacial score (nSPS) is 12.1. The van der Waals surface area contributed by atoms with Crippen LogP contribution in [-0.2, 0) is 0 Å². The average molecular weight is 273 g/mol. The number of nitrogens with two attached hydrogens (primary N) is 1. The second kappa shape index (κ2) is 5.75. The van der Waals surface area contributed by atoms with E-state index in [-0.39, 0.29) is 11.8 Å². The van der Waals surface area contributed by atoms with Gasteiger partial charge in [0.1, 0.15) is 0 Å². The average Bonchev–Trinajstić information content (AvgIpc) is 2.43. The quantitative estimate of drug-likeness (QED) is 0.835. The van der Waals surface area contributed by atoms with E-state index in [0.717, 1.165) is 10.9 Å². The van der Waals surface area contributed by atoms with Crippen LogP contribution < -0.4 is 11.1 Å². The minimum absolute atomic E-state index is 0.0212. The monoisotopic (exact) mass is 273 g/mol. The molecule has 0 saturated heterocycles. The largest absolute Gasteiger partial charge is 0.393 e. The Morgan fingerprint density at radius 3 is 2.95 bits per heavy atom. The highest BCUT2D eigenvalue weighted by atomic mass is 32.1. The molecule has 0 aliphatic rings. The predicted octanol–water partition coefficient (Wildman–Crippen LogP) is 1.89. The molecule has 2 aromatic rings. The summed E-state index contributed by atoms with van der Waals surface area (Å²) >= 11 is 4.88. The predicted molar refractivity (Wildman–Crippen MR) is 80.0 cm³/mol. The summed E-state index contributed by atoms with van der Waals surface area (Å²) in [6.45, 7) is 2.32. The lowest BCUT2D eigenvalue weighted by Crippen LogP contribution is -2.33. The van der Waals surface area contributed by atoms with E-state index in [2.05, 4.69) is 10.3 Å². The SMILES string of the molecule is CC(CNC(=O)c1cccc2ncccc12)C(N)=S. The van der Waals surface area contributed by atoms with Crippen LogP contribution in [0, 0.1) is 5.92 Å². The maximum atomic E-state index is 12.2. The molecule has 1 amide bonds. The van der Waals surface area contributed by atoms with Crippen molar-refractivity contribution in [3.05, 3.63) is 42.1 Å². The van der Waals surface area contributed by atoms with Gasteiger partial charge in [-0.05, 0) is 18.2 Å². The molecular weight excluding hydrogens is 258 g/mol. The number of nitrogens with zero attached hydrogens (tertiary/aromatic N) is 1. The van der Waals surface area contributed by atoms with Gasteiger partial charge in [0.05, 0.1) is 10.5 Å². The molecule has 0 aliphatic heterocycles. The fourth-order valence-electron chi connectivity index (χ4n) is 1.74. The van der Waals surface area contributed by atoms with Crippen LogP contribution >= 0.6 is 12.2 Å². The van der Waals surface area contributed by atoms with E-state index in [1.54, 1.807) is 12.3 Å². The molecule has 0 bridgehead atoms. The first kappa shape index (κ1) is 13.4. The Balaban J connectivity index is 2.20. The van der Waals surface area contributed by atoms with Gasteiger partial charge in [-0.15, -0.1) is 0 Å². The molecule has 0 aliphatic carbocycles. The van der Waals surface area contributed by atoms with E-state index in [9.17, 15) is 4.79 Å². The van der Waals surface area contributed by atoms with Gasteiger partial charge in [0.25, 0.3) is 5.91 Å². The Labute approximate surface area is 117 Å². The molecule has 2 rings (SSSR count). The van der Waals surface area contributed by atoms with Gasteiger partial charge in [-0.25, -0.2) is 0 Å². The molecule has 1 aromatic heterocycles. The topological polar surface area (TPSA) is 68.0 Å². The number of hydrogen-bond acceptors (Lipinski definition) is 3. The summed E-state index contributed by atoms with van der Waals surface area (Å²) in [6.07, 6.45) is 1.71. The van der Waals surface area contributed by atoms with Gasteiger partial charge in [-0.2, -0.15) is 0 Å². The van der Waals surface area contributed by atoms with Gasteiger partial charge in [0.15, 0.2) is 0 Å². The summed E-state index contributed by atoms with van der Waals surface area (Å²) in [4.78, 5) is 16.8. The molecule has 5 heteroatoms. The number of carbonyl (C=O) groups is 1. The van der Waals surface area contributed by atoms with Crippen LogP contribution in [0.4, 0.5) is 0 Å². The number of thiocarbonyl (C=S) groups is 1. The first-order valence-electron chi connectivity index (χ1n) is 6.01. The van der Waals surface area contributed by atoms with Gasteiger partial charge in [0.2, 0.25) is 0 Å². The zero-order valence-corrected chi connectivity index (χ0v) is 11.4. The molecule has 0 saturated carbocycles. The summed E-state index contributed by atoms with van der Waals surface area (Å²) in [5, 5.41) is 3.68. The summed E-state index contributed by atoms with van der Waals surface area (Å²) in [7, 11) is 0. The van der Waals surface area contributed by atoms with Crippen molar-refractivity contribution in [1.82, 2.24) is 10.3 Å². The highest BCUT2D eigenvalue weighted by Crippen LogP contribution is 2.16. The Morgan fingerprint density at radius 2 is 2.21 bits per heavy atom. The van der Waals surface area contributed by atoms with Crippen molar-refractivity contribution in [2.45, 2.75) is 6.92 Å². The number of aromatic nitrogens is 1. The second-order valence-electron chi connectivity index (χ2n) is 4.39. The molecular formula is C14H15N3OS. The molecule has 19 heavy (non-hydrogen) atoms. The van der Waals surface area contributed by atoms with Gasteiger partial charge in [-0.1, -0.05) is 31.3 Å². The zero-order valence-electron chi connectivity index (χ0n) is 10.6. The lowest BCUT2D eigenvalue weighted by molar-refractivity contribution is 0.0953. The number of fused-ring (bicyclic) bond motifs is 1. The lowest BCUT2D eigenvalue weighted by atomic mass is 10.1. The van der Waals surface area contributed by atoms with Crippen LogP contribution in [0.2, 0.25) is 0 Å². The maximum absolute atomic E-state index is 12.2. The summed E-state index contributed by atoms with van der Waals surface area (Å²) in [5.74, 6) is -0.159. The van der Waals surface area contributed by atoms with Crippen molar-refractivity contribution in [3.8, 4) is 0 Å². The molecule has 1 atom stereocenters. The Bertz CT molecular complexity index is 622. The molecule has 4 nitrogen and oxygen atoms in total. The van der Waals surface area contributed by atoms with E-state index < -0.39 is 0 Å². The number of pyridine rings is 1. The van der Waals surface area contributed by atoms with Crippen molar-refractivity contribution < 1.29 is 4.79 Å². The van der Waals surface area contributed by atoms with Gasteiger partial charge < -0.3 is 11.1 Å². The number of rotatable bonds is 4. The molecule has 98 valence electrons. The Morgan fingerprint density at radius 1 is 1.42 bits per heavy atom. The molecule has 1 heterocycles. The van der Waals surface area contributed by atoms with E-state index in [1.807, 2.05) is 31.2 Å². The number of hydrogen-bond donors (Lipinski definition) is 2. The molecule has 0 spiro atoms. The van der Waals surface area contributed by atoms with Gasteiger partial charge in [-0.3, -0.25) is 9.78 Å². The maximum Gasteiger partial charge on any atom is 0.251 e. The molecule has 1 aromatic carbocycles. The number of carbonyl (C=O) groups excluding carboxylic acids is 1. The van der Waals surface area contributed by atoms with Crippen molar-refractivity contribution in [2.75, 3.05) is 6.54 Å². The second-order valence-corrected chi connectivity index (χ2v) is 4.86. The highest BCUT2D eigenvalue weighted by molar-refractivity contribution is 7.80. The van der Waals surface area contributed by atoms with Crippen LogP contribution in [0.5, 0.6) is 0 Å². The van der Waals surface area contributed by atoms with Crippen LogP contribution in [0.15, 0.2) is 36.5 Å². The fourth-order valence-corrected chi connectivity index (χ4v) is 1.83. The first-order valence-corrected chi connectivity index (χ1v) is 6.41. The molecule has 0 radical (unpaired) electrons. The minimum Gasteiger partial charge on any atom is -0.393 e. The minimum atomic E-state index is -0.137. The third kappa shape index (κ3) is 3.06. The van der Waals surface area contributed by atoms with Crippen molar-refractivity contribution in [3.63, 3.8) is 0 Å². The smallest absolute Gasteiger partial charge is 0.251 e. The molecule has 0 fully saturated rings. The van der Waals surface area contributed by atoms with Crippen molar-refractivity contribution in [2.24, 2.45) is 11.7 Å². The van der Waals surface area contributed by atoms with Crippen molar-refractivity contribution in [1.29, 1.82) is 0 Å². The first-order chi connectivity index (χ1) is 9.09. The fraction of sp³-hybridized carbons (Fsp3) is 0.214. The Hall–Kier alpha value is -2.01. The standard InChI is InChI=1S/C14H15N3OS/c1-9(13(15)19)8-17-14(18)11-4-2-6-12-10(11)5-3-7-16-12/h2-7,9H,8H2,1H3,(H2,15,19)(H,17,18).